The maximum atomic E-state index is 10.2. The lowest BCUT2D eigenvalue weighted by Gasteiger charge is -1.93. The monoisotopic (exact) mass is 219 g/mol. The first-order valence-corrected chi connectivity index (χ1v) is 4.69. The van der Waals surface area contributed by atoms with Crippen LogP contribution in [-0.2, 0) is 4.79 Å². The number of rotatable bonds is 4. The minimum Gasteiger partial charge on any atom is -0.481 e. The van der Waals surface area contributed by atoms with Crippen molar-refractivity contribution in [3.8, 4) is 0 Å². The highest BCUT2D eigenvalue weighted by Gasteiger charge is 1.91. The van der Waals surface area contributed by atoms with E-state index in [1.165, 1.54) is 0 Å². The Morgan fingerprint density at radius 2 is 2.13 bits per heavy atom. The van der Waals surface area contributed by atoms with Gasteiger partial charge in [0.2, 0.25) is 0 Å². The van der Waals surface area contributed by atoms with E-state index < -0.39 is 5.97 Å². The summed E-state index contributed by atoms with van der Waals surface area (Å²) in [5.41, 5.74) is 1.67. The van der Waals surface area contributed by atoms with Crippen LogP contribution >= 0.6 is 12.2 Å². The second-order valence-electron chi connectivity index (χ2n) is 2.79. The lowest BCUT2D eigenvalue weighted by molar-refractivity contribution is -0.135. The number of benzene rings is 1. The van der Waals surface area contributed by atoms with E-state index in [1.807, 2.05) is 12.1 Å². The van der Waals surface area contributed by atoms with Crippen LogP contribution in [0.4, 0.5) is 5.69 Å². The van der Waals surface area contributed by atoms with Crippen LogP contribution in [0, 0.1) is 0 Å². The predicted octanol–water partition coefficient (Wildman–Crippen LogP) is 2.91. The van der Waals surface area contributed by atoms with Crippen molar-refractivity contribution in [3.63, 3.8) is 0 Å². The highest BCUT2D eigenvalue weighted by molar-refractivity contribution is 7.78. The average Bonchev–Trinajstić information content (AvgIpc) is 2.20. The molecule has 0 heterocycles. The van der Waals surface area contributed by atoms with Crippen LogP contribution in [-0.4, -0.2) is 16.2 Å². The second kappa shape index (κ2) is 5.86. The van der Waals surface area contributed by atoms with Crippen molar-refractivity contribution >= 4 is 35.1 Å². The molecule has 0 aliphatic rings. The lowest BCUT2D eigenvalue weighted by atomic mass is 10.2. The molecule has 15 heavy (non-hydrogen) atoms. The number of hydrogen-bond donors (Lipinski definition) is 1. The standard InChI is InChI=1S/C11H9NO2S/c13-11(14)3-1-2-9-4-6-10(7-5-9)12-8-15/h1-2,4-7H,3H2,(H,13,14). The summed E-state index contributed by atoms with van der Waals surface area (Å²) >= 11 is 4.47. The van der Waals surface area contributed by atoms with Gasteiger partial charge in [-0.1, -0.05) is 24.3 Å². The molecule has 3 nitrogen and oxygen atoms in total. The van der Waals surface area contributed by atoms with Gasteiger partial charge >= 0.3 is 5.97 Å². The third-order valence-electron chi connectivity index (χ3n) is 1.67. The summed E-state index contributed by atoms with van der Waals surface area (Å²) in [5.74, 6) is -0.840. The van der Waals surface area contributed by atoms with E-state index in [0.717, 1.165) is 11.3 Å². The van der Waals surface area contributed by atoms with Gasteiger partial charge in [0, 0.05) is 0 Å². The Kier molecular flexibility index (Phi) is 4.41. The fraction of sp³-hybridized carbons (Fsp3) is 0.0909. The zero-order valence-corrected chi connectivity index (χ0v) is 8.70. The van der Waals surface area contributed by atoms with Crippen LogP contribution in [0.25, 0.3) is 6.08 Å². The molecule has 0 saturated carbocycles. The molecule has 0 radical (unpaired) electrons. The van der Waals surface area contributed by atoms with Gasteiger partial charge in [-0.2, -0.15) is 4.99 Å². The molecule has 0 aromatic heterocycles. The summed E-state index contributed by atoms with van der Waals surface area (Å²) in [7, 11) is 0. The van der Waals surface area contributed by atoms with Crippen LogP contribution in [0.3, 0.4) is 0 Å². The summed E-state index contributed by atoms with van der Waals surface area (Å²) in [6, 6.07) is 7.26. The largest absolute Gasteiger partial charge is 0.481 e. The number of isothiocyanates is 1. The second-order valence-corrected chi connectivity index (χ2v) is 2.98. The number of thiocarbonyl (C=S) groups is 1. The van der Waals surface area contributed by atoms with E-state index in [-0.39, 0.29) is 6.42 Å². The van der Waals surface area contributed by atoms with Crippen LogP contribution < -0.4 is 0 Å². The molecule has 0 aliphatic heterocycles. The molecule has 76 valence electrons. The molecule has 0 atom stereocenters. The SMILES string of the molecule is O=C(O)CC=Cc1ccc(N=C=S)cc1. The molecule has 1 aromatic carbocycles. The fourth-order valence-corrected chi connectivity index (χ4v) is 1.11. The number of hydrogen-bond acceptors (Lipinski definition) is 3. The Balaban J connectivity index is 2.68. The summed E-state index contributed by atoms with van der Waals surface area (Å²) in [6.45, 7) is 0. The van der Waals surface area contributed by atoms with Crippen molar-refractivity contribution in [1.29, 1.82) is 0 Å². The molecule has 1 N–H and O–H groups in total. The number of aliphatic imine (C=N–C) groups is 1. The first kappa shape index (κ1) is 11.3. The van der Waals surface area contributed by atoms with Crippen molar-refractivity contribution in [1.82, 2.24) is 0 Å². The summed E-state index contributed by atoms with van der Waals surface area (Å²) in [4.78, 5) is 14.0. The fourth-order valence-electron chi connectivity index (χ4n) is 1.01. The van der Waals surface area contributed by atoms with E-state index in [2.05, 4.69) is 22.4 Å². The van der Waals surface area contributed by atoms with E-state index in [0.29, 0.717) is 0 Å². The normalized spacial score (nSPS) is 9.87. The third kappa shape index (κ3) is 4.31. The van der Waals surface area contributed by atoms with Crippen LogP contribution in [0.2, 0.25) is 0 Å². The average molecular weight is 219 g/mol. The summed E-state index contributed by atoms with van der Waals surface area (Å²) < 4.78 is 0. The Morgan fingerprint density at radius 3 is 2.67 bits per heavy atom. The molecule has 0 aliphatic carbocycles. The van der Waals surface area contributed by atoms with Gasteiger partial charge in [-0.25, -0.2) is 0 Å². The summed E-state index contributed by atoms with van der Waals surface area (Å²) in [5, 5.41) is 10.7. The van der Waals surface area contributed by atoms with Gasteiger partial charge < -0.3 is 5.11 Å². The Labute approximate surface area is 92.8 Å². The predicted molar refractivity (Wildman–Crippen MR) is 62.4 cm³/mol. The zero-order valence-electron chi connectivity index (χ0n) is 7.88. The van der Waals surface area contributed by atoms with Gasteiger partial charge in [0.15, 0.2) is 0 Å². The summed E-state index contributed by atoms with van der Waals surface area (Å²) in [6.07, 6.45) is 3.37. The van der Waals surface area contributed by atoms with Gasteiger partial charge in [0.1, 0.15) is 0 Å². The molecule has 0 bridgehead atoms. The van der Waals surface area contributed by atoms with Gasteiger partial charge in [0.25, 0.3) is 0 Å². The molecule has 0 amide bonds. The van der Waals surface area contributed by atoms with Gasteiger partial charge in [-0.15, -0.1) is 0 Å². The Hall–Kier alpha value is -1.77. The van der Waals surface area contributed by atoms with Crippen molar-refractivity contribution in [2.45, 2.75) is 6.42 Å². The highest BCUT2D eigenvalue weighted by Crippen LogP contribution is 2.13. The van der Waals surface area contributed by atoms with Crippen molar-refractivity contribution in [2.24, 2.45) is 4.99 Å². The third-order valence-corrected chi connectivity index (χ3v) is 1.76. The van der Waals surface area contributed by atoms with Gasteiger partial charge in [0.05, 0.1) is 17.3 Å². The molecular formula is C11H9NO2S. The lowest BCUT2D eigenvalue weighted by Crippen LogP contribution is -1.89. The Bertz CT molecular complexity index is 417. The number of aliphatic carboxylic acids is 1. The molecule has 4 heteroatoms. The molecular weight excluding hydrogens is 210 g/mol. The first-order valence-electron chi connectivity index (χ1n) is 4.28. The van der Waals surface area contributed by atoms with Crippen LogP contribution in [0.5, 0.6) is 0 Å². The minimum absolute atomic E-state index is 0.0276. The quantitative estimate of drug-likeness (QED) is 0.625. The van der Waals surface area contributed by atoms with Crippen LogP contribution in [0.1, 0.15) is 12.0 Å². The van der Waals surface area contributed by atoms with E-state index in [1.54, 1.807) is 24.3 Å². The van der Waals surface area contributed by atoms with Gasteiger partial charge in [-0.3, -0.25) is 4.79 Å². The zero-order chi connectivity index (χ0) is 11.1. The molecule has 1 aromatic rings. The maximum Gasteiger partial charge on any atom is 0.307 e. The van der Waals surface area contributed by atoms with E-state index in [4.69, 9.17) is 5.11 Å². The Morgan fingerprint density at radius 1 is 1.47 bits per heavy atom. The molecule has 0 unspecified atom stereocenters. The maximum absolute atomic E-state index is 10.2. The minimum atomic E-state index is -0.840. The van der Waals surface area contributed by atoms with E-state index >= 15 is 0 Å². The number of carboxylic acid groups (broad SMARTS) is 1. The van der Waals surface area contributed by atoms with Crippen molar-refractivity contribution < 1.29 is 9.90 Å². The topological polar surface area (TPSA) is 49.7 Å². The van der Waals surface area contributed by atoms with Crippen molar-refractivity contribution in [2.75, 3.05) is 0 Å². The van der Waals surface area contributed by atoms with Crippen molar-refractivity contribution in [3.05, 3.63) is 35.9 Å². The molecule has 0 saturated heterocycles. The van der Waals surface area contributed by atoms with Crippen LogP contribution in [0.15, 0.2) is 35.3 Å². The molecule has 0 spiro atoms. The van der Waals surface area contributed by atoms with Gasteiger partial charge in [-0.05, 0) is 29.9 Å². The number of carboxylic acids is 1. The number of nitrogens with zero attached hydrogens (tertiary/aromatic N) is 1. The first-order chi connectivity index (χ1) is 7.22. The smallest absolute Gasteiger partial charge is 0.307 e. The molecule has 0 fully saturated rings. The number of carbonyl (C=O) groups is 1. The highest BCUT2D eigenvalue weighted by atomic mass is 32.1. The molecule has 1 rings (SSSR count). The van der Waals surface area contributed by atoms with E-state index in [9.17, 15) is 4.79 Å².